The van der Waals surface area contributed by atoms with E-state index >= 15 is 0 Å². The van der Waals surface area contributed by atoms with Crippen molar-refractivity contribution in [3.63, 3.8) is 0 Å². The van der Waals surface area contributed by atoms with Crippen LogP contribution in [0.1, 0.15) is 59.3 Å². The van der Waals surface area contributed by atoms with E-state index in [9.17, 15) is 0 Å². The normalized spacial score (nSPS) is 11.7. The van der Waals surface area contributed by atoms with Gasteiger partial charge < -0.3 is 0 Å². The Bertz CT molecular complexity index is 636. The monoisotopic (exact) mass is 480 g/mol. The van der Waals surface area contributed by atoms with Gasteiger partial charge in [-0.3, -0.25) is 0 Å². The van der Waals surface area contributed by atoms with Crippen molar-refractivity contribution in [1.82, 2.24) is 10.2 Å². The Kier molecular flexibility index (Phi) is 9.41. The summed E-state index contributed by atoms with van der Waals surface area (Å²) in [5.74, 6) is 0. The van der Waals surface area contributed by atoms with Crippen LogP contribution in [-0.4, -0.2) is 28.6 Å². The molecule has 26 heavy (non-hydrogen) atoms. The van der Waals surface area contributed by atoms with Gasteiger partial charge in [-0.15, -0.1) is 0 Å². The number of unbranched alkanes of at least 4 members (excludes halogenated alkanes) is 3. The number of rotatable bonds is 11. The van der Waals surface area contributed by atoms with E-state index in [2.05, 4.69) is 49.2 Å². The van der Waals surface area contributed by atoms with Crippen LogP contribution in [0.3, 0.4) is 0 Å². The van der Waals surface area contributed by atoms with Crippen LogP contribution in [-0.2, 0) is 0 Å². The first-order valence-electron chi connectivity index (χ1n) is 10.2. The number of hydrogen-bond acceptors (Lipinski definition) is 2. The van der Waals surface area contributed by atoms with E-state index in [1.807, 2.05) is 18.3 Å². The van der Waals surface area contributed by atoms with E-state index in [0.29, 0.717) is 0 Å². The van der Waals surface area contributed by atoms with Gasteiger partial charge in [0.1, 0.15) is 0 Å². The van der Waals surface area contributed by atoms with Crippen LogP contribution in [0.4, 0.5) is 0 Å². The second-order valence-electron chi connectivity index (χ2n) is 7.39. The Morgan fingerprint density at radius 2 is 1.35 bits per heavy atom. The maximum absolute atomic E-state index is 6.11. The van der Waals surface area contributed by atoms with Crippen molar-refractivity contribution in [3.05, 3.63) is 41.6 Å². The molecule has 0 fully saturated rings. The number of aromatic nitrogens is 2. The summed E-state index contributed by atoms with van der Waals surface area (Å²) < 4.78 is 5.92. The second-order valence-corrected chi connectivity index (χ2v) is 21.0. The molecule has 0 saturated carbocycles. The molecule has 0 atom stereocenters. The van der Waals surface area contributed by atoms with Crippen LogP contribution >= 0.6 is 11.6 Å². The summed E-state index contributed by atoms with van der Waals surface area (Å²) in [5.41, 5.74) is 2.30. The van der Waals surface area contributed by atoms with Gasteiger partial charge in [0.2, 0.25) is 0 Å². The molecule has 2 aromatic rings. The summed E-state index contributed by atoms with van der Waals surface area (Å²) in [4.78, 5) is 0. The van der Waals surface area contributed by atoms with Crippen LogP contribution in [0.15, 0.2) is 36.5 Å². The van der Waals surface area contributed by atoms with Crippen molar-refractivity contribution >= 4 is 33.6 Å². The Labute approximate surface area is 168 Å². The zero-order chi connectivity index (χ0) is 18.8. The van der Waals surface area contributed by atoms with Gasteiger partial charge in [-0.2, -0.15) is 0 Å². The minimum absolute atomic E-state index is 0.775. The third-order valence-corrected chi connectivity index (χ3v) is 21.3. The zero-order valence-corrected chi connectivity index (χ0v) is 20.2. The molecule has 142 valence electrons. The molecule has 0 saturated heterocycles. The fraction of sp³-hybridized carbons (Fsp3) is 0.545. The topological polar surface area (TPSA) is 25.8 Å². The molecule has 2 nitrogen and oxygen atoms in total. The zero-order valence-electron chi connectivity index (χ0n) is 16.6. The van der Waals surface area contributed by atoms with Crippen molar-refractivity contribution in [1.29, 1.82) is 0 Å². The molecule has 0 aliphatic rings. The van der Waals surface area contributed by atoms with Crippen LogP contribution in [0.2, 0.25) is 18.3 Å². The predicted molar refractivity (Wildman–Crippen MR) is 117 cm³/mol. The van der Waals surface area contributed by atoms with Gasteiger partial charge in [0.05, 0.1) is 0 Å². The summed E-state index contributed by atoms with van der Waals surface area (Å²) in [6, 6.07) is 10.5. The van der Waals surface area contributed by atoms with Gasteiger partial charge in [0, 0.05) is 0 Å². The predicted octanol–water partition coefficient (Wildman–Crippen LogP) is 6.85. The Morgan fingerprint density at radius 1 is 0.808 bits per heavy atom. The molecule has 0 aliphatic carbocycles. The molecule has 0 amide bonds. The summed E-state index contributed by atoms with van der Waals surface area (Å²) in [7, 11) is 0. The molecule has 4 heteroatoms. The van der Waals surface area contributed by atoms with Gasteiger partial charge in [-0.1, -0.05) is 0 Å². The standard InChI is InChI=1S/C10H6ClN2.3C4H9.Sn/c11-9-5-3-8(4-6-9)10-2-1-7-12-13-10;3*1-3-4-2;/h1,3-7H;3*1,3-4H2,2H3;. The SMILES string of the molecule is CCC[CH2][Sn]([CH2]CCC)([CH2]CCC)[c]1ccnnc1-c1ccc(Cl)cc1. The molecule has 0 N–H and O–H groups in total. The molecule has 0 bridgehead atoms. The Hall–Kier alpha value is -0.611. The van der Waals surface area contributed by atoms with Gasteiger partial charge in [-0.25, -0.2) is 0 Å². The maximum atomic E-state index is 6.11. The molecule has 0 radical (unpaired) electrons. The molecule has 1 aromatic heterocycles. The first kappa shape index (κ1) is 21.7. The molecule has 1 aromatic carbocycles. The summed E-state index contributed by atoms with van der Waals surface area (Å²) >= 11 is 3.57. The fourth-order valence-electron chi connectivity index (χ4n) is 3.91. The third kappa shape index (κ3) is 5.69. The van der Waals surface area contributed by atoms with E-state index in [1.165, 1.54) is 57.4 Å². The van der Waals surface area contributed by atoms with E-state index in [-0.39, 0.29) is 0 Å². The van der Waals surface area contributed by atoms with Crippen LogP contribution in [0, 0.1) is 0 Å². The summed E-state index contributed by atoms with van der Waals surface area (Å²) in [6.45, 7) is 6.96. The molecule has 0 unspecified atom stereocenters. The van der Waals surface area contributed by atoms with E-state index < -0.39 is 18.4 Å². The fourth-order valence-corrected chi connectivity index (χ4v) is 20.5. The molecule has 0 aliphatic heterocycles. The van der Waals surface area contributed by atoms with Gasteiger partial charge in [0.15, 0.2) is 0 Å². The molecular weight excluding hydrogens is 446 g/mol. The van der Waals surface area contributed by atoms with Crippen molar-refractivity contribution in [2.45, 2.75) is 72.6 Å². The first-order valence-corrected chi connectivity index (χ1v) is 18.1. The van der Waals surface area contributed by atoms with Gasteiger partial charge in [-0.05, 0) is 0 Å². The van der Waals surface area contributed by atoms with Crippen molar-refractivity contribution < 1.29 is 0 Å². The molecular formula is C22H33ClN2Sn. The van der Waals surface area contributed by atoms with Crippen LogP contribution in [0.5, 0.6) is 0 Å². The van der Waals surface area contributed by atoms with E-state index in [0.717, 1.165) is 10.7 Å². The third-order valence-electron chi connectivity index (χ3n) is 5.44. The average Bonchev–Trinajstić information content (AvgIpc) is 2.68. The molecule has 0 spiro atoms. The molecule has 1 heterocycles. The molecule has 2 rings (SSSR count). The number of halogens is 1. The average molecular weight is 480 g/mol. The Balaban J connectivity index is 2.52. The number of nitrogens with zero attached hydrogens (tertiary/aromatic N) is 2. The van der Waals surface area contributed by atoms with Crippen molar-refractivity contribution in [2.75, 3.05) is 0 Å². The second kappa shape index (κ2) is 11.3. The van der Waals surface area contributed by atoms with Gasteiger partial charge >= 0.3 is 169 Å². The van der Waals surface area contributed by atoms with Crippen LogP contribution < -0.4 is 3.58 Å². The van der Waals surface area contributed by atoms with Gasteiger partial charge in [0.25, 0.3) is 0 Å². The quantitative estimate of drug-likeness (QED) is 0.329. The first-order chi connectivity index (χ1) is 12.7. The van der Waals surface area contributed by atoms with Crippen molar-refractivity contribution in [3.8, 4) is 11.3 Å². The van der Waals surface area contributed by atoms with E-state index in [1.54, 1.807) is 3.58 Å². The minimum atomic E-state index is -2.54. The van der Waals surface area contributed by atoms with Crippen LogP contribution in [0.25, 0.3) is 11.3 Å². The summed E-state index contributed by atoms with van der Waals surface area (Å²) in [5, 5.41) is 9.65. The van der Waals surface area contributed by atoms with Crippen molar-refractivity contribution in [2.24, 2.45) is 0 Å². The van der Waals surface area contributed by atoms with E-state index in [4.69, 9.17) is 11.6 Å². The Morgan fingerprint density at radius 3 is 1.85 bits per heavy atom. The number of benzene rings is 1. The number of hydrogen-bond donors (Lipinski definition) is 0. The summed E-state index contributed by atoms with van der Waals surface area (Å²) in [6.07, 6.45) is 9.83.